The van der Waals surface area contributed by atoms with Crippen molar-refractivity contribution < 1.29 is 9.53 Å². The van der Waals surface area contributed by atoms with E-state index in [1.807, 2.05) is 31.3 Å². The number of amides is 1. The smallest absolute Gasteiger partial charge is 0.251 e. The van der Waals surface area contributed by atoms with Gasteiger partial charge in [-0.15, -0.1) is 0 Å². The maximum atomic E-state index is 12.2. The summed E-state index contributed by atoms with van der Waals surface area (Å²) in [5.41, 5.74) is 0.660. The first-order valence-corrected chi connectivity index (χ1v) is 10.3. The third-order valence-electron chi connectivity index (χ3n) is 5.74. The van der Waals surface area contributed by atoms with Gasteiger partial charge >= 0.3 is 0 Å². The van der Waals surface area contributed by atoms with Gasteiger partial charge in [-0.05, 0) is 71.1 Å². The Morgan fingerprint density at radius 3 is 2.56 bits per heavy atom. The van der Waals surface area contributed by atoms with Gasteiger partial charge in [-0.2, -0.15) is 0 Å². The van der Waals surface area contributed by atoms with Crippen molar-refractivity contribution in [1.82, 2.24) is 20.4 Å². The van der Waals surface area contributed by atoms with Gasteiger partial charge in [-0.3, -0.25) is 4.79 Å². The SMILES string of the molecule is CNCCNC(=O)c1cccc(OC2CCN(C3CCN(C)CC3)CC2)c1. The van der Waals surface area contributed by atoms with Gasteiger partial charge in [0, 0.05) is 37.8 Å². The van der Waals surface area contributed by atoms with E-state index >= 15 is 0 Å². The fourth-order valence-corrected chi connectivity index (χ4v) is 4.03. The Bertz CT molecular complexity index is 594. The lowest BCUT2D eigenvalue weighted by atomic mass is 9.99. The second-order valence-electron chi connectivity index (χ2n) is 7.77. The Morgan fingerprint density at radius 1 is 1.11 bits per heavy atom. The average Bonchev–Trinajstić information content (AvgIpc) is 2.70. The number of carbonyl (C=O) groups is 1. The molecule has 1 aromatic carbocycles. The lowest BCUT2D eigenvalue weighted by Gasteiger charge is -2.41. The molecule has 0 atom stereocenters. The van der Waals surface area contributed by atoms with Crippen molar-refractivity contribution in [3.63, 3.8) is 0 Å². The summed E-state index contributed by atoms with van der Waals surface area (Å²) in [6.07, 6.45) is 4.94. The van der Waals surface area contributed by atoms with Crippen LogP contribution >= 0.6 is 0 Å². The summed E-state index contributed by atoms with van der Waals surface area (Å²) < 4.78 is 6.20. The first-order chi connectivity index (χ1) is 13.2. The molecule has 2 saturated heterocycles. The van der Waals surface area contributed by atoms with Crippen LogP contribution < -0.4 is 15.4 Å². The van der Waals surface area contributed by atoms with E-state index in [9.17, 15) is 4.79 Å². The summed E-state index contributed by atoms with van der Waals surface area (Å²) in [7, 11) is 4.09. The normalized spacial score (nSPS) is 20.5. The fraction of sp³-hybridized carbons (Fsp3) is 0.667. The van der Waals surface area contributed by atoms with Crippen LogP contribution in [0.1, 0.15) is 36.0 Å². The van der Waals surface area contributed by atoms with Gasteiger partial charge in [0.15, 0.2) is 0 Å². The van der Waals surface area contributed by atoms with Gasteiger partial charge in [0.05, 0.1) is 0 Å². The molecule has 0 bridgehead atoms. The van der Waals surface area contributed by atoms with Crippen molar-refractivity contribution in [1.29, 1.82) is 0 Å². The van der Waals surface area contributed by atoms with Gasteiger partial charge in [-0.1, -0.05) is 6.07 Å². The third-order valence-corrected chi connectivity index (χ3v) is 5.74. The number of rotatable bonds is 7. The van der Waals surface area contributed by atoms with Crippen LogP contribution in [-0.2, 0) is 0 Å². The molecule has 0 radical (unpaired) electrons. The molecule has 2 N–H and O–H groups in total. The molecule has 27 heavy (non-hydrogen) atoms. The molecule has 0 saturated carbocycles. The summed E-state index contributed by atoms with van der Waals surface area (Å²) in [4.78, 5) is 17.3. The number of nitrogens with one attached hydrogen (secondary N) is 2. The molecule has 3 rings (SSSR count). The Morgan fingerprint density at radius 2 is 1.85 bits per heavy atom. The molecule has 2 aliphatic rings. The van der Waals surface area contributed by atoms with E-state index in [0.29, 0.717) is 12.1 Å². The van der Waals surface area contributed by atoms with Crippen molar-refractivity contribution in [2.45, 2.75) is 37.8 Å². The number of hydrogen-bond acceptors (Lipinski definition) is 5. The molecule has 2 heterocycles. The highest BCUT2D eigenvalue weighted by molar-refractivity contribution is 5.94. The van der Waals surface area contributed by atoms with Gasteiger partial charge < -0.3 is 25.2 Å². The molecular weight excluding hydrogens is 340 g/mol. The molecule has 150 valence electrons. The number of ether oxygens (including phenoxy) is 1. The van der Waals surface area contributed by atoms with E-state index < -0.39 is 0 Å². The molecule has 2 fully saturated rings. The molecule has 0 unspecified atom stereocenters. The van der Waals surface area contributed by atoms with E-state index in [0.717, 1.165) is 44.3 Å². The molecule has 2 aliphatic heterocycles. The van der Waals surface area contributed by atoms with E-state index in [1.165, 1.54) is 25.9 Å². The maximum absolute atomic E-state index is 12.2. The van der Waals surface area contributed by atoms with Crippen molar-refractivity contribution in [2.75, 3.05) is 53.4 Å². The highest BCUT2D eigenvalue weighted by atomic mass is 16.5. The minimum Gasteiger partial charge on any atom is -0.490 e. The second-order valence-corrected chi connectivity index (χ2v) is 7.77. The highest BCUT2D eigenvalue weighted by Gasteiger charge is 2.28. The van der Waals surface area contributed by atoms with Crippen LogP contribution in [0.15, 0.2) is 24.3 Å². The first kappa shape index (κ1) is 20.1. The predicted molar refractivity (Wildman–Crippen MR) is 108 cm³/mol. The number of likely N-dealkylation sites (tertiary alicyclic amines) is 2. The number of piperidine rings is 2. The van der Waals surface area contributed by atoms with Gasteiger partial charge in [-0.25, -0.2) is 0 Å². The van der Waals surface area contributed by atoms with Crippen LogP contribution in [0.4, 0.5) is 0 Å². The topological polar surface area (TPSA) is 56.8 Å². The van der Waals surface area contributed by atoms with Crippen LogP contribution in [0.25, 0.3) is 0 Å². The Hall–Kier alpha value is -1.63. The lowest BCUT2D eigenvalue weighted by molar-refractivity contribution is 0.0525. The fourth-order valence-electron chi connectivity index (χ4n) is 4.03. The number of hydrogen-bond donors (Lipinski definition) is 2. The van der Waals surface area contributed by atoms with Gasteiger partial charge in [0.2, 0.25) is 0 Å². The quantitative estimate of drug-likeness (QED) is 0.710. The van der Waals surface area contributed by atoms with Crippen molar-refractivity contribution in [2.24, 2.45) is 0 Å². The number of likely N-dealkylation sites (N-methyl/N-ethyl adjacent to an activating group) is 1. The predicted octanol–water partition coefficient (Wildman–Crippen LogP) is 1.57. The van der Waals surface area contributed by atoms with Crippen LogP contribution in [0.5, 0.6) is 5.75 Å². The molecule has 6 nitrogen and oxygen atoms in total. The first-order valence-electron chi connectivity index (χ1n) is 10.3. The van der Waals surface area contributed by atoms with E-state index in [-0.39, 0.29) is 12.0 Å². The maximum Gasteiger partial charge on any atom is 0.251 e. The zero-order valence-electron chi connectivity index (χ0n) is 16.7. The van der Waals surface area contributed by atoms with E-state index in [1.54, 1.807) is 0 Å². The van der Waals surface area contributed by atoms with E-state index in [4.69, 9.17) is 4.74 Å². The van der Waals surface area contributed by atoms with Crippen LogP contribution in [0.2, 0.25) is 0 Å². The monoisotopic (exact) mass is 374 g/mol. The zero-order valence-corrected chi connectivity index (χ0v) is 16.7. The van der Waals surface area contributed by atoms with Crippen LogP contribution in [0.3, 0.4) is 0 Å². The van der Waals surface area contributed by atoms with Gasteiger partial charge in [0.25, 0.3) is 5.91 Å². The Kier molecular flexibility index (Phi) is 7.50. The minimum atomic E-state index is -0.0483. The molecule has 1 amide bonds. The van der Waals surface area contributed by atoms with Crippen molar-refractivity contribution in [3.05, 3.63) is 29.8 Å². The molecule has 0 spiro atoms. The molecule has 6 heteroatoms. The summed E-state index contributed by atoms with van der Waals surface area (Å²) >= 11 is 0. The van der Waals surface area contributed by atoms with Crippen LogP contribution in [0, 0.1) is 0 Å². The Labute approximate surface area is 163 Å². The van der Waals surface area contributed by atoms with Crippen LogP contribution in [-0.4, -0.2) is 81.2 Å². The zero-order chi connectivity index (χ0) is 19.1. The summed E-state index contributed by atoms with van der Waals surface area (Å²) in [5, 5.41) is 5.93. The highest BCUT2D eigenvalue weighted by Crippen LogP contribution is 2.24. The Balaban J connectivity index is 1.46. The van der Waals surface area contributed by atoms with Crippen molar-refractivity contribution in [3.8, 4) is 5.75 Å². The lowest BCUT2D eigenvalue weighted by Crippen LogP contribution is -2.48. The average molecular weight is 375 g/mol. The third kappa shape index (κ3) is 5.92. The second kappa shape index (κ2) is 10.1. The van der Waals surface area contributed by atoms with Crippen molar-refractivity contribution >= 4 is 5.91 Å². The standard InChI is InChI=1S/C21H34N4O2/c1-22-10-11-23-21(26)17-4-3-5-20(16-17)27-19-8-14-25(15-9-19)18-6-12-24(2)13-7-18/h3-5,16,18-19,22H,6-15H2,1-2H3,(H,23,26). The number of benzene rings is 1. The largest absolute Gasteiger partial charge is 0.490 e. The summed E-state index contributed by atoms with van der Waals surface area (Å²) in [6.45, 7) is 6.04. The molecular formula is C21H34N4O2. The summed E-state index contributed by atoms with van der Waals surface area (Å²) in [5.74, 6) is 0.752. The number of nitrogens with zero attached hydrogens (tertiary/aromatic N) is 2. The van der Waals surface area contributed by atoms with E-state index in [2.05, 4.69) is 27.5 Å². The number of carbonyl (C=O) groups excluding carboxylic acids is 1. The summed E-state index contributed by atoms with van der Waals surface area (Å²) in [6, 6.07) is 8.29. The molecule has 0 aliphatic carbocycles. The minimum absolute atomic E-state index is 0.0483. The van der Waals surface area contributed by atoms with Gasteiger partial charge in [0.1, 0.15) is 11.9 Å². The molecule has 0 aromatic heterocycles. The molecule has 1 aromatic rings.